The highest BCUT2D eigenvalue weighted by molar-refractivity contribution is 5.91. The monoisotopic (exact) mass is 281 g/mol. The van der Waals surface area contributed by atoms with Crippen LogP contribution in [0.3, 0.4) is 0 Å². The van der Waals surface area contributed by atoms with Gasteiger partial charge in [-0.2, -0.15) is 0 Å². The number of hydrogen-bond acceptors (Lipinski definition) is 5. The molecular formula is C12H19N5O3. The standard InChI is InChI=1S/C12H19N5O3/c18-11(19)2-1-5-14-12(20)10-8-17(16-15-10)9-3-6-13-7-4-9/h8-9,13H,1-7H2,(H,14,20)(H,18,19). The van der Waals surface area contributed by atoms with Gasteiger partial charge in [0.25, 0.3) is 5.91 Å². The van der Waals surface area contributed by atoms with Crippen LogP contribution >= 0.6 is 0 Å². The zero-order valence-corrected chi connectivity index (χ0v) is 11.2. The van der Waals surface area contributed by atoms with Gasteiger partial charge in [-0.25, -0.2) is 4.68 Å². The number of piperidine rings is 1. The minimum atomic E-state index is -0.865. The van der Waals surface area contributed by atoms with E-state index in [1.807, 2.05) is 0 Å². The van der Waals surface area contributed by atoms with Crippen LogP contribution in [0.15, 0.2) is 6.20 Å². The first-order valence-electron chi connectivity index (χ1n) is 6.79. The lowest BCUT2D eigenvalue weighted by molar-refractivity contribution is -0.137. The number of hydrogen-bond donors (Lipinski definition) is 3. The van der Waals surface area contributed by atoms with Gasteiger partial charge in [-0.15, -0.1) is 5.10 Å². The van der Waals surface area contributed by atoms with E-state index in [1.165, 1.54) is 0 Å². The number of carboxylic acid groups (broad SMARTS) is 1. The van der Waals surface area contributed by atoms with E-state index in [1.54, 1.807) is 10.9 Å². The van der Waals surface area contributed by atoms with Crippen LogP contribution in [-0.2, 0) is 4.79 Å². The van der Waals surface area contributed by atoms with Crippen molar-refractivity contribution in [3.63, 3.8) is 0 Å². The van der Waals surface area contributed by atoms with Gasteiger partial charge in [-0.1, -0.05) is 5.21 Å². The van der Waals surface area contributed by atoms with E-state index in [0.717, 1.165) is 25.9 Å². The van der Waals surface area contributed by atoms with E-state index < -0.39 is 5.97 Å². The second kappa shape index (κ2) is 6.99. The van der Waals surface area contributed by atoms with Gasteiger partial charge >= 0.3 is 5.97 Å². The maximum Gasteiger partial charge on any atom is 0.303 e. The number of rotatable bonds is 6. The van der Waals surface area contributed by atoms with Gasteiger partial charge in [0.05, 0.1) is 12.2 Å². The number of carbonyl (C=O) groups is 2. The summed E-state index contributed by atoms with van der Waals surface area (Å²) in [7, 11) is 0. The topological polar surface area (TPSA) is 109 Å². The third-order valence-electron chi connectivity index (χ3n) is 3.28. The van der Waals surface area contributed by atoms with Crippen molar-refractivity contribution < 1.29 is 14.7 Å². The molecule has 1 fully saturated rings. The molecule has 0 unspecified atom stereocenters. The number of nitrogens with zero attached hydrogens (tertiary/aromatic N) is 3. The third kappa shape index (κ3) is 4.02. The van der Waals surface area contributed by atoms with Crippen molar-refractivity contribution in [3.05, 3.63) is 11.9 Å². The van der Waals surface area contributed by atoms with Crippen molar-refractivity contribution in [2.24, 2.45) is 0 Å². The van der Waals surface area contributed by atoms with Crippen LogP contribution in [0.2, 0.25) is 0 Å². The third-order valence-corrected chi connectivity index (χ3v) is 3.28. The molecule has 20 heavy (non-hydrogen) atoms. The molecule has 1 aromatic heterocycles. The Labute approximate surface area is 116 Å². The average molecular weight is 281 g/mol. The molecule has 1 aromatic rings. The summed E-state index contributed by atoms with van der Waals surface area (Å²) in [5.74, 6) is -1.17. The molecule has 0 saturated carbocycles. The highest BCUT2D eigenvalue weighted by Crippen LogP contribution is 2.16. The molecule has 0 aromatic carbocycles. The van der Waals surface area contributed by atoms with Crippen molar-refractivity contribution in [2.45, 2.75) is 31.7 Å². The molecule has 8 heteroatoms. The van der Waals surface area contributed by atoms with Crippen LogP contribution in [0.25, 0.3) is 0 Å². The van der Waals surface area contributed by atoms with E-state index in [0.29, 0.717) is 13.0 Å². The number of carbonyl (C=O) groups excluding carboxylic acids is 1. The fourth-order valence-electron chi connectivity index (χ4n) is 2.16. The Hall–Kier alpha value is -1.96. The minimum Gasteiger partial charge on any atom is -0.481 e. The van der Waals surface area contributed by atoms with E-state index >= 15 is 0 Å². The predicted octanol–water partition coefficient (Wildman–Crippen LogP) is -0.203. The Morgan fingerprint density at radius 1 is 1.45 bits per heavy atom. The lowest BCUT2D eigenvalue weighted by atomic mass is 10.1. The van der Waals surface area contributed by atoms with Gasteiger partial charge in [0.15, 0.2) is 5.69 Å². The van der Waals surface area contributed by atoms with Gasteiger partial charge in [0.2, 0.25) is 0 Å². The lowest BCUT2D eigenvalue weighted by Crippen LogP contribution is -2.29. The van der Waals surface area contributed by atoms with Crippen LogP contribution in [0, 0.1) is 0 Å². The predicted molar refractivity (Wildman–Crippen MR) is 70.4 cm³/mol. The summed E-state index contributed by atoms with van der Waals surface area (Å²) in [4.78, 5) is 22.1. The van der Waals surface area contributed by atoms with Gasteiger partial charge in [0, 0.05) is 13.0 Å². The summed E-state index contributed by atoms with van der Waals surface area (Å²) in [5, 5.41) is 22.3. The van der Waals surface area contributed by atoms with E-state index in [9.17, 15) is 9.59 Å². The van der Waals surface area contributed by atoms with Crippen molar-refractivity contribution in [1.82, 2.24) is 25.6 Å². The Morgan fingerprint density at radius 3 is 2.90 bits per heavy atom. The van der Waals surface area contributed by atoms with E-state index in [4.69, 9.17) is 5.11 Å². The van der Waals surface area contributed by atoms with Crippen LogP contribution in [0.5, 0.6) is 0 Å². The fourth-order valence-corrected chi connectivity index (χ4v) is 2.16. The quantitative estimate of drug-likeness (QED) is 0.623. The van der Waals surface area contributed by atoms with Crippen molar-refractivity contribution in [1.29, 1.82) is 0 Å². The molecule has 1 aliphatic heterocycles. The molecule has 1 amide bonds. The molecule has 110 valence electrons. The Morgan fingerprint density at radius 2 is 2.20 bits per heavy atom. The van der Waals surface area contributed by atoms with Gasteiger partial charge in [0.1, 0.15) is 0 Å². The highest BCUT2D eigenvalue weighted by Gasteiger charge is 2.18. The first-order chi connectivity index (χ1) is 9.66. The summed E-state index contributed by atoms with van der Waals surface area (Å²) >= 11 is 0. The average Bonchev–Trinajstić information content (AvgIpc) is 2.94. The largest absolute Gasteiger partial charge is 0.481 e. The molecular weight excluding hydrogens is 262 g/mol. The normalized spacial score (nSPS) is 16.0. The lowest BCUT2D eigenvalue weighted by Gasteiger charge is -2.22. The van der Waals surface area contributed by atoms with Crippen molar-refractivity contribution in [2.75, 3.05) is 19.6 Å². The van der Waals surface area contributed by atoms with Crippen LogP contribution in [-0.4, -0.2) is 51.6 Å². The van der Waals surface area contributed by atoms with Crippen molar-refractivity contribution in [3.8, 4) is 0 Å². The molecule has 0 aliphatic carbocycles. The van der Waals surface area contributed by atoms with Gasteiger partial charge in [-0.05, 0) is 32.4 Å². The van der Waals surface area contributed by atoms with E-state index in [-0.39, 0.29) is 24.1 Å². The summed E-state index contributed by atoms with van der Waals surface area (Å²) in [6.45, 7) is 2.22. The number of amides is 1. The van der Waals surface area contributed by atoms with Crippen LogP contribution in [0.4, 0.5) is 0 Å². The molecule has 0 bridgehead atoms. The highest BCUT2D eigenvalue weighted by atomic mass is 16.4. The number of aromatic nitrogens is 3. The van der Waals surface area contributed by atoms with Crippen LogP contribution in [0.1, 0.15) is 42.2 Å². The van der Waals surface area contributed by atoms with Crippen molar-refractivity contribution >= 4 is 11.9 Å². The molecule has 1 saturated heterocycles. The van der Waals surface area contributed by atoms with Gasteiger partial charge in [-0.3, -0.25) is 9.59 Å². The van der Waals surface area contributed by atoms with Gasteiger partial charge < -0.3 is 15.7 Å². The minimum absolute atomic E-state index is 0.0437. The molecule has 0 atom stereocenters. The fraction of sp³-hybridized carbons (Fsp3) is 0.667. The zero-order valence-electron chi connectivity index (χ0n) is 11.2. The molecule has 2 rings (SSSR count). The SMILES string of the molecule is O=C(O)CCCNC(=O)c1cn(C2CCNCC2)nn1. The first-order valence-corrected chi connectivity index (χ1v) is 6.79. The number of aliphatic carboxylic acids is 1. The molecule has 8 nitrogen and oxygen atoms in total. The Kier molecular flexibility index (Phi) is 5.05. The number of carboxylic acids is 1. The summed E-state index contributed by atoms with van der Waals surface area (Å²) < 4.78 is 1.74. The Bertz CT molecular complexity index is 467. The molecule has 0 spiro atoms. The summed E-state index contributed by atoms with van der Waals surface area (Å²) in [6.07, 6.45) is 4.06. The zero-order chi connectivity index (χ0) is 14.4. The smallest absolute Gasteiger partial charge is 0.303 e. The molecule has 3 N–H and O–H groups in total. The first kappa shape index (κ1) is 14.4. The molecule has 2 heterocycles. The maximum absolute atomic E-state index is 11.8. The van der Waals surface area contributed by atoms with Crippen LogP contribution < -0.4 is 10.6 Å². The summed E-state index contributed by atoms with van der Waals surface area (Å²) in [5.41, 5.74) is 0.277. The second-order valence-electron chi connectivity index (χ2n) is 4.82. The Balaban J connectivity index is 1.81. The number of nitrogens with one attached hydrogen (secondary N) is 2. The maximum atomic E-state index is 11.8. The second-order valence-corrected chi connectivity index (χ2v) is 4.82. The molecule has 0 radical (unpaired) electrons. The van der Waals surface area contributed by atoms with E-state index in [2.05, 4.69) is 20.9 Å². The summed E-state index contributed by atoms with van der Waals surface area (Å²) in [6, 6.07) is 0.289. The molecule has 1 aliphatic rings.